The van der Waals surface area contributed by atoms with Crippen LogP contribution < -0.4 is 5.32 Å². The molecule has 1 aliphatic rings. The molecule has 1 fully saturated rings. The van der Waals surface area contributed by atoms with E-state index in [2.05, 4.69) is 60.5 Å². The maximum atomic E-state index is 13.5. The second kappa shape index (κ2) is 12.8. The number of hydrogen-bond donors (Lipinski definition) is 2. The molecule has 0 bridgehead atoms. The Balaban J connectivity index is 1.66. The summed E-state index contributed by atoms with van der Waals surface area (Å²) in [7, 11) is 0. The van der Waals surface area contributed by atoms with Gasteiger partial charge in [0, 0.05) is 23.7 Å². The molecule has 206 valence electrons. The van der Waals surface area contributed by atoms with Crippen molar-refractivity contribution in [2.45, 2.75) is 70.6 Å². The Morgan fingerprint density at radius 3 is 2.28 bits per heavy atom. The summed E-state index contributed by atoms with van der Waals surface area (Å²) in [6.07, 6.45) is 5.70. The molecule has 0 aliphatic heterocycles. The van der Waals surface area contributed by atoms with Crippen LogP contribution in [0.1, 0.15) is 60.2 Å². The highest BCUT2D eigenvalue weighted by Gasteiger charge is 2.48. The molecule has 1 saturated carbocycles. The van der Waals surface area contributed by atoms with E-state index < -0.39 is 12.0 Å². The first kappa shape index (κ1) is 28.9. The van der Waals surface area contributed by atoms with E-state index in [-0.39, 0.29) is 11.4 Å². The number of carboxylic acids is 1. The zero-order chi connectivity index (χ0) is 28.0. The SMILES string of the molecule is CSCC[C@H](NC(=O)c1ccc(CN(C(C)C)C2(Cc3ccccc3)CC2)cc1-c1ccccc1C)C(=O)O. The summed E-state index contributed by atoms with van der Waals surface area (Å²) in [6, 6.07) is 24.2. The second-order valence-electron chi connectivity index (χ2n) is 10.9. The van der Waals surface area contributed by atoms with Crippen molar-refractivity contribution in [2.24, 2.45) is 0 Å². The van der Waals surface area contributed by atoms with Crippen LogP contribution in [0.15, 0.2) is 72.8 Å². The summed E-state index contributed by atoms with van der Waals surface area (Å²) in [5, 5.41) is 12.5. The third-order valence-electron chi connectivity index (χ3n) is 7.77. The van der Waals surface area contributed by atoms with Gasteiger partial charge in [0.05, 0.1) is 0 Å². The van der Waals surface area contributed by atoms with Crippen molar-refractivity contribution in [3.63, 3.8) is 0 Å². The van der Waals surface area contributed by atoms with E-state index in [1.54, 1.807) is 11.8 Å². The average Bonchev–Trinajstić information content (AvgIpc) is 3.69. The summed E-state index contributed by atoms with van der Waals surface area (Å²) >= 11 is 1.57. The number of nitrogens with one attached hydrogen (secondary N) is 1. The van der Waals surface area contributed by atoms with Gasteiger partial charge in [0.25, 0.3) is 5.91 Å². The predicted octanol–water partition coefficient (Wildman–Crippen LogP) is 6.58. The van der Waals surface area contributed by atoms with Crippen LogP contribution in [-0.2, 0) is 17.8 Å². The molecule has 3 aromatic rings. The van der Waals surface area contributed by atoms with E-state index >= 15 is 0 Å². The molecule has 1 amide bonds. The number of aliphatic carboxylic acids is 1. The van der Waals surface area contributed by atoms with E-state index in [0.717, 1.165) is 35.2 Å². The standard InChI is InChI=1S/C33H40N2O3S/c1-23(2)35(33(17-18-33)21-25-11-6-5-7-12-25)22-26-14-15-28(29(20-26)27-13-9-8-10-24(27)3)31(36)34-30(32(37)38)16-19-39-4/h5-15,20,23,30H,16-19,21-22H2,1-4H3,(H,34,36)(H,37,38)/t30-/m0/s1. The van der Waals surface area contributed by atoms with Gasteiger partial charge in [-0.25, -0.2) is 4.79 Å². The highest BCUT2D eigenvalue weighted by Crippen LogP contribution is 2.46. The number of carboxylic acid groups (broad SMARTS) is 1. The molecule has 39 heavy (non-hydrogen) atoms. The van der Waals surface area contributed by atoms with Crippen LogP contribution in [0.4, 0.5) is 0 Å². The number of thioether (sulfide) groups is 1. The normalized spacial score (nSPS) is 14.8. The van der Waals surface area contributed by atoms with Gasteiger partial charge in [-0.15, -0.1) is 0 Å². The Kier molecular flexibility index (Phi) is 9.52. The van der Waals surface area contributed by atoms with Gasteiger partial charge in [0.2, 0.25) is 0 Å². The highest BCUT2D eigenvalue weighted by molar-refractivity contribution is 7.98. The maximum absolute atomic E-state index is 13.5. The molecule has 5 nitrogen and oxygen atoms in total. The van der Waals surface area contributed by atoms with E-state index in [9.17, 15) is 14.7 Å². The van der Waals surface area contributed by atoms with Crippen LogP contribution in [0.2, 0.25) is 0 Å². The van der Waals surface area contributed by atoms with Crippen LogP contribution in [0.5, 0.6) is 0 Å². The molecule has 2 N–H and O–H groups in total. The smallest absolute Gasteiger partial charge is 0.326 e. The van der Waals surface area contributed by atoms with E-state index in [0.29, 0.717) is 23.8 Å². The summed E-state index contributed by atoms with van der Waals surface area (Å²) in [5.41, 5.74) is 6.07. The van der Waals surface area contributed by atoms with Crippen molar-refractivity contribution in [2.75, 3.05) is 12.0 Å². The fraction of sp³-hybridized carbons (Fsp3) is 0.394. The molecule has 0 unspecified atom stereocenters. The van der Waals surface area contributed by atoms with Gasteiger partial charge >= 0.3 is 5.97 Å². The van der Waals surface area contributed by atoms with Crippen LogP contribution in [-0.4, -0.2) is 51.5 Å². The number of carbonyl (C=O) groups is 2. The van der Waals surface area contributed by atoms with Gasteiger partial charge < -0.3 is 10.4 Å². The molecule has 0 spiro atoms. The number of aryl methyl sites for hydroxylation is 1. The van der Waals surface area contributed by atoms with Crippen molar-refractivity contribution in [3.8, 4) is 11.1 Å². The molecule has 0 radical (unpaired) electrons. The summed E-state index contributed by atoms with van der Waals surface area (Å²) in [5.74, 6) is -0.694. The van der Waals surface area contributed by atoms with Crippen LogP contribution in [0.3, 0.4) is 0 Å². The Morgan fingerprint density at radius 1 is 0.974 bits per heavy atom. The molecular weight excluding hydrogens is 504 g/mol. The van der Waals surface area contributed by atoms with Crippen LogP contribution in [0.25, 0.3) is 11.1 Å². The lowest BCUT2D eigenvalue weighted by atomic mass is 9.92. The maximum Gasteiger partial charge on any atom is 0.326 e. The summed E-state index contributed by atoms with van der Waals surface area (Å²) in [6.45, 7) is 7.35. The van der Waals surface area contributed by atoms with Crippen LogP contribution in [0, 0.1) is 6.92 Å². The minimum absolute atomic E-state index is 0.153. The molecule has 1 aliphatic carbocycles. The molecule has 0 aromatic heterocycles. The average molecular weight is 545 g/mol. The van der Waals surface area contributed by atoms with Crippen molar-refractivity contribution >= 4 is 23.6 Å². The van der Waals surface area contributed by atoms with Gasteiger partial charge in [0.15, 0.2) is 0 Å². The number of carbonyl (C=O) groups excluding carboxylic acids is 1. The lowest BCUT2D eigenvalue weighted by Gasteiger charge is -2.36. The first-order valence-electron chi connectivity index (χ1n) is 13.8. The fourth-order valence-corrected chi connectivity index (χ4v) is 5.97. The largest absolute Gasteiger partial charge is 0.480 e. The van der Waals surface area contributed by atoms with Crippen molar-refractivity contribution in [1.29, 1.82) is 0 Å². The number of hydrogen-bond acceptors (Lipinski definition) is 4. The van der Waals surface area contributed by atoms with Gasteiger partial charge in [-0.3, -0.25) is 9.69 Å². The van der Waals surface area contributed by atoms with Gasteiger partial charge in [0.1, 0.15) is 6.04 Å². The minimum Gasteiger partial charge on any atom is -0.480 e. The van der Waals surface area contributed by atoms with Gasteiger partial charge in [-0.05, 0) is 98.4 Å². The van der Waals surface area contributed by atoms with Gasteiger partial charge in [-0.2, -0.15) is 11.8 Å². The van der Waals surface area contributed by atoms with Crippen LogP contribution >= 0.6 is 11.8 Å². The quantitative estimate of drug-likeness (QED) is 0.254. The van der Waals surface area contributed by atoms with E-state index in [1.165, 1.54) is 18.4 Å². The second-order valence-corrected chi connectivity index (χ2v) is 11.9. The monoisotopic (exact) mass is 544 g/mol. The first-order chi connectivity index (χ1) is 18.7. The number of benzene rings is 3. The molecule has 0 heterocycles. The zero-order valence-corrected chi connectivity index (χ0v) is 24.3. The topological polar surface area (TPSA) is 69.6 Å². The number of amides is 1. The number of rotatable bonds is 13. The van der Waals surface area contributed by atoms with E-state index in [4.69, 9.17) is 0 Å². The molecule has 6 heteroatoms. The molecular formula is C33H40N2O3S. The minimum atomic E-state index is -1.01. The third-order valence-corrected chi connectivity index (χ3v) is 8.41. The lowest BCUT2D eigenvalue weighted by molar-refractivity contribution is -0.139. The molecule has 0 saturated heterocycles. The zero-order valence-electron chi connectivity index (χ0n) is 23.4. The summed E-state index contributed by atoms with van der Waals surface area (Å²) < 4.78 is 0. The Bertz CT molecular complexity index is 1290. The summed E-state index contributed by atoms with van der Waals surface area (Å²) in [4.78, 5) is 27.9. The third kappa shape index (κ3) is 7.11. The lowest BCUT2D eigenvalue weighted by Crippen LogP contribution is -2.43. The number of nitrogens with zero attached hydrogens (tertiary/aromatic N) is 1. The Hall–Kier alpha value is -3.09. The van der Waals surface area contributed by atoms with Crippen molar-refractivity contribution < 1.29 is 14.7 Å². The Morgan fingerprint density at radius 2 is 1.67 bits per heavy atom. The van der Waals surface area contributed by atoms with Crippen molar-refractivity contribution in [1.82, 2.24) is 10.2 Å². The highest BCUT2D eigenvalue weighted by atomic mass is 32.2. The molecule has 4 rings (SSSR count). The fourth-order valence-electron chi connectivity index (χ4n) is 5.50. The van der Waals surface area contributed by atoms with Gasteiger partial charge in [-0.1, -0.05) is 60.7 Å². The first-order valence-corrected chi connectivity index (χ1v) is 15.2. The predicted molar refractivity (Wildman–Crippen MR) is 161 cm³/mol. The van der Waals surface area contributed by atoms with E-state index in [1.807, 2.05) is 49.6 Å². The van der Waals surface area contributed by atoms with Crippen molar-refractivity contribution in [3.05, 3.63) is 95.1 Å². The molecule has 3 aromatic carbocycles. The molecule has 1 atom stereocenters. The Labute approximate surface area is 237 Å².